The zero-order chi connectivity index (χ0) is 17.0. The number of nitrogens with one attached hydrogen (secondary N) is 1. The van der Waals surface area contributed by atoms with E-state index in [0.717, 1.165) is 34.1 Å². The highest BCUT2D eigenvalue weighted by atomic mass is 79.9. The maximum Gasteiger partial charge on any atom is 0.224 e. The zero-order valence-electron chi connectivity index (χ0n) is 13.6. The van der Waals surface area contributed by atoms with Gasteiger partial charge in [0.05, 0.1) is 5.75 Å². The Kier molecular flexibility index (Phi) is 6.22. The van der Waals surface area contributed by atoms with Gasteiger partial charge in [0.2, 0.25) is 15.9 Å². The Hall–Kier alpha value is -0.920. The van der Waals surface area contributed by atoms with Crippen molar-refractivity contribution < 1.29 is 13.2 Å². The summed E-state index contributed by atoms with van der Waals surface area (Å²) in [7, 11) is -3.20. The van der Waals surface area contributed by atoms with Gasteiger partial charge < -0.3 is 5.32 Å². The van der Waals surface area contributed by atoms with E-state index in [-0.39, 0.29) is 18.1 Å². The molecule has 0 bridgehead atoms. The second kappa shape index (κ2) is 7.77. The minimum absolute atomic E-state index is 0.0404. The molecule has 1 amide bonds. The summed E-state index contributed by atoms with van der Waals surface area (Å²) in [4.78, 5) is 12.1. The van der Waals surface area contributed by atoms with Gasteiger partial charge in [-0.25, -0.2) is 12.7 Å². The molecule has 1 heterocycles. The molecule has 0 radical (unpaired) electrons. The van der Waals surface area contributed by atoms with Crippen LogP contribution in [0.4, 0.5) is 5.69 Å². The number of aryl methyl sites for hydroxylation is 2. The first-order valence-corrected chi connectivity index (χ1v) is 10.2. The van der Waals surface area contributed by atoms with Crippen LogP contribution in [-0.2, 0) is 14.8 Å². The van der Waals surface area contributed by atoms with Crippen LogP contribution in [0.2, 0.25) is 0 Å². The quantitative estimate of drug-likeness (QED) is 0.793. The lowest BCUT2D eigenvalue weighted by Gasteiger charge is -2.15. The topological polar surface area (TPSA) is 66.5 Å². The lowest BCUT2D eigenvalue weighted by Crippen LogP contribution is -2.30. The zero-order valence-corrected chi connectivity index (χ0v) is 16.0. The Morgan fingerprint density at radius 2 is 1.78 bits per heavy atom. The fraction of sp³-hybridized carbons (Fsp3) is 0.562. The summed E-state index contributed by atoms with van der Waals surface area (Å²) in [5, 5.41) is 2.89. The largest absolute Gasteiger partial charge is 0.326 e. The number of anilines is 1. The van der Waals surface area contributed by atoms with Crippen LogP contribution in [0.5, 0.6) is 0 Å². The van der Waals surface area contributed by atoms with Crippen molar-refractivity contribution in [3.63, 3.8) is 0 Å². The van der Waals surface area contributed by atoms with Crippen LogP contribution in [0.15, 0.2) is 16.6 Å². The Labute approximate surface area is 146 Å². The molecule has 0 spiro atoms. The maximum atomic E-state index is 12.1. The smallest absolute Gasteiger partial charge is 0.224 e. The molecule has 0 unspecified atom stereocenters. The van der Waals surface area contributed by atoms with Crippen molar-refractivity contribution in [2.24, 2.45) is 0 Å². The number of halogens is 1. The van der Waals surface area contributed by atoms with Gasteiger partial charge in [0.25, 0.3) is 0 Å². The molecule has 7 heteroatoms. The van der Waals surface area contributed by atoms with E-state index < -0.39 is 10.0 Å². The lowest BCUT2D eigenvalue weighted by molar-refractivity contribution is -0.116. The molecule has 2 rings (SSSR count). The predicted octanol–water partition coefficient (Wildman–Crippen LogP) is 3.21. The first-order valence-electron chi connectivity index (χ1n) is 7.84. The molecule has 1 aromatic carbocycles. The highest BCUT2D eigenvalue weighted by Gasteiger charge is 2.24. The first kappa shape index (κ1) is 18.4. The fourth-order valence-electron chi connectivity index (χ4n) is 2.82. The summed E-state index contributed by atoms with van der Waals surface area (Å²) < 4.78 is 26.7. The summed E-state index contributed by atoms with van der Waals surface area (Å²) in [6.45, 7) is 5.11. The standard InChI is InChI=1S/C16H23BrN2O3S/c1-12-10-14(17)11-13(2)16(12)18-15(20)6-5-9-23(21,22)19-7-3-4-8-19/h10-11H,3-9H2,1-2H3,(H,18,20). The maximum absolute atomic E-state index is 12.1. The molecule has 0 aromatic heterocycles. The molecule has 23 heavy (non-hydrogen) atoms. The minimum atomic E-state index is -3.20. The van der Waals surface area contributed by atoms with Gasteiger partial charge >= 0.3 is 0 Å². The molecule has 0 aliphatic carbocycles. The van der Waals surface area contributed by atoms with Crippen molar-refractivity contribution in [2.75, 3.05) is 24.2 Å². The number of benzene rings is 1. The molecule has 5 nitrogen and oxygen atoms in total. The second-order valence-electron chi connectivity index (χ2n) is 5.99. The van der Waals surface area contributed by atoms with Gasteiger partial charge in [-0.05, 0) is 56.4 Å². The highest BCUT2D eigenvalue weighted by molar-refractivity contribution is 9.10. The number of carbonyl (C=O) groups is 1. The molecule has 1 fully saturated rings. The number of hydrogen-bond acceptors (Lipinski definition) is 3. The Balaban J connectivity index is 1.86. The lowest BCUT2D eigenvalue weighted by atomic mass is 10.1. The van der Waals surface area contributed by atoms with E-state index in [1.165, 1.54) is 4.31 Å². The van der Waals surface area contributed by atoms with Crippen LogP contribution >= 0.6 is 15.9 Å². The molecular weight excluding hydrogens is 380 g/mol. The van der Waals surface area contributed by atoms with Crippen LogP contribution < -0.4 is 5.32 Å². The van der Waals surface area contributed by atoms with E-state index in [1.807, 2.05) is 26.0 Å². The Morgan fingerprint density at radius 3 is 2.35 bits per heavy atom. The second-order valence-corrected chi connectivity index (χ2v) is 8.99. The Bertz CT molecular complexity index is 660. The van der Waals surface area contributed by atoms with Gasteiger partial charge in [-0.2, -0.15) is 0 Å². The number of nitrogens with zero attached hydrogens (tertiary/aromatic N) is 1. The molecule has 1 saturated heterocycles. The summed E-state index contributed by atoms with van der Waals surface area (Å²) in [5.41, 5.74) is 2.77. The van der Waals surface area contributed by atoms with Crippen LogP contribution in [0.1, 0.15) is 36.8 Å². The van der Waals surface area contributed by atoms with Crippen LogP contribution in [0, 0.1) is 13.8 Å². The molecular formula is C16H23BrN2O3S. The van der Waals surface area contributed by atoms with Crippen molar-refractivity contribution in [1.82, 2.24) is 4.31 Å². The van der Waals surface area contributed by atoms with Crippen LogP contribution in [0.25, 0.3) is 0 Å². The van der Waals surface area contributed by atoms with Gasteiger partial charge in [0.15, 0.2) is 0 Å². The third-order valence-electron chi connectivity index (χ3n) is 4.03. The number of rotatable bonds is 6. The van der Waals surface area contributed by atoms with Gasteiger partial charge in [0, 0.05) is 29.7 Å². The number of sulfonamides is 1. The van der Waals surface area contributed by atoms with Crippen molar-refractivity contribution in [3.8, 4) is 0 Å². The molecule has 0 saturated carbocycles. The fourth-order valence-corrected chi connectivity index (χ4v) is 5.09. The monoisotopic (exact) mass is 402 g/mol. The molecule has 1 aliphatic rings. The summed E-state index contributed by atoms with van der Waals surface area (Å²) in [6, 6.07) is 3.89. The Morgan fingerprint density at radius 1 is 1.22 bits per heavy atom. The number of amides is 1. The first-order chi connectivity index (χ1) is 10.8. The SMILES string of the molecule is Cc1cc(Br)cc(C)c1NC(=O)CCCS(=O)(=O)N1CCCC1. The van der Waals surface area contributed by atoms with Crippen molar-refractivity contribution in [3.05, 3.63) is 27.7 Å². The predicted molar refractivity (Wildman–Crippen MR) is 96.1 cm³/mol. The minimum Gasteiger partial charge on any atom is -0.326 e. The average molecular weight is 403 g/mol. The molecule has 128 valence electrons. The van der Waals surface area contributed by atoms with E-state index in [1.54, 1.807) is 0 Å². The van der Waals surface area contributed by atoms with Gasteiger partial charge in [-0.3, -0.25) is 4.79 Å². The van der Waals surface area contributed by atoms with Crippen molar-refractivity contribution >= 4 is 37.5 Å². The van der Waals surface area contributed by atoms with Gasteiger partial charge in [-0.1, -0.05) is 15.9 Å². The number of hydrogen-bond donors (Lipinski definition) is 1. The van der Waals surface area contributed by atoms with E-state index in [9.17, 15) is 13.2 Å². The summed E-state index contributed by atoms with van der Waals surface area (Å²) in [6.07, 6.45) is 2.42. The van der Waals surface area contributed by atoms with Crippen LogP contribution in [-0.4, -0.2) is 37.5 Å². The summed E-state index contributed by atoms with van der Waals surface area (Å²) >= 11 is 3.43. The molecule has 1 N–H and O–H groups in total. The third-order valence-corrected chi connectivity index (χ3v) is 6.44. The summed E-state index contributed by atoms with van der Waals surface area (Å²) in [5.74, 6) is -0.103. The van der Waals surface area contributed by atoms with Gasteiger partial charge in [-0.15, -0.1) is 0 Å². The molecule has 1 aromatic rings. The van der Waals surface area contributed by atoms with Crippen LogP contribution in [0.3, 0.4) is 0 Å². The number of carbonyl (C=O) groups excluding carboxylic acids is 1. The average Bonchev–Trinajstić information content (AvgIpc) is 2.97. The van der Waals surface area contributed by atoms with E-state index in [4.69, 9.17) is 0 Å². The van der Waals surface area contributed by atoms with Gasteiger partial charge in [0.1, 0.15) is 0 Å². The van der Waals surface area contributed by atoms with Crippen molar-refractivity contribution in [2.45, 2.75) is 39.5 Å². The van der Waals surface area contributed by atoms with E-state index >= 15 is 0 Å². The highest BCUT2D eigenvalue weighted by Crippen LogP contribution is 2.25. The normalized spacial score (nSPS) is 15.8. The van der Waals surface area contributed by atoms with E-state index in [2.05, 4.69) is 21.2 Å². The third kappa shape index (κ3) is 5.02. The van der Waals surface area contributed by atoms with E-state index in [0.29, 0.717) is 19.5 Å². The molecule has 0 atom stereocenters. The molecule has 1 aliphatic heterocycles. The van der Waals surface area contributed by atoms with Crippen molar-refractivity contribution in [1.29, 1.82) is 0 Å².